The van der Waals surface area contributed by atoms with Gasteiger partial charge in [0.1, 0.15) is 6.04 Å². The summed E-state index contributed by atoms with van der Waals surface area (Å²) < 4.78 is 41.6. The highest BCUT2D eigenvalue weighted by atomic mass is 35.5. The van der Waals surface area contributed by atoms with Crippen molar-refractivity contribution in [3.63, 3.8) is 0 Å². The van der Waals surface area contributed by atoms with Gasteiger partial charge in [0.15, 0.2) is 0 Å². The highest BCUT2D eigenvalue weighted by molar-refractivity contribution is 5.85. The van der Waals surface area contributed by atoms with E-state index in [-0.39, 0.29) is 12.4 Å². The number of piperazine rings is 1. The zero-order valence-corrected chi connectivity index (χ0v) is 15.2. The summed E-state index contributed by atoms with van der Waals surface area (Å²) in [4.78, 5) is 1.57. The minimum Gasteiger partial charge on any atom is -0.314 e. The monoisotopic (exact) mass is 350 g/mol. The number of benzene rings is 1. The van der Waals surface area contributed by atoms with E-state index in [4.69, 9.17) is 0 Å². The van der Waals surface area contributed by atoms with Gasteiger partial charge in [0, 0.05) is 26.2 Å². The fourth-order valence-electron chi connectivity index (χ4n) is 3.43. The van der Waals surface area contributed by atoms with Crippen molar-refractivity contribution in [3.8, 4) is 0 Å². The molecule has 1 heterocycles. The molecule has 1 fully saturated rings. The number of hydrogen-bond donors (Lipinski definition) is 1. The average molecular weight is 351 g/mol. The van der Waals surface area contributed by atoms with Crippen LogP contribution in [0.3, 0.4) is 0 Å². The molecule has 2 rings (SSSR count). The van der Waals surface area contributed by atoms with Crippen molar-refractivity contribution < 1.29 is 13.2 Å². The lowest BCUT2D eigenvalue weighted by Crippen LogP contribution is -2.49. The first-order valence-corrected chi connectivity index (χ1v) is 7.74. The lowest BCUT2D eigenvalue weighted by atomic mass is 9.85. The third kappa shape index (κ3) is 3.83. The van der Waals surface area contributed by atoms with Crippen LogP contribution in [-0.4, -0.2) is 37.3 Å². The molecule has 2 nitrogen and oxygen atoms in total. The zero-order valence-electron chi connectivity index (χ0n) is 14.4. The molecule has 6 heteroatoms. The first-order chi connectivity index (χ1) is 10.2. The van der Waals surface area contributed by atoms with Gasteiger partial charge < -0.3 is 5.32 Å². The molecule has 0 amide bonds. The number of nitrogens with zero attached hydrogens (tertiary/aromatic N) is 1. The molecule has 1 atom stereocenters. The van der Waals surface area contributed by atoms with Crippen molar-refractivity contribution in [3.05, 3.63) is 33.4 Å². The van der Waals surface area contributed by atoms with Crippen LogP contribution < -0.4 is 5.32 Å². The van der Waals surface area contributed by atoms with E-state index < -0.39 is 12.2 Å². The smallest absolute Gasteiger partial charge is 0.314 e. The van der Waals surface area contributed by atoms with Gasteiger partial charge >= 0.3 is 6.18 Å². The van der Waals surface area contributed by atoms with E-state index in [9.17, 15) is 13.2 Å². The van der Waals surface area contributed by atoms with Crippen molar-refractivity contribution >= 4 is 12.4 Å². The number of nitrogens with one attached hydrogen (secondary N) is 1. The quantitative estimate of drug-likeness (QED) is 0.861. The third-order valence-corrected chi connectivity index (χ3v) is 5.16. The van der Waals surface area contributed by atoms with Crippen LogP contribution in [0, 0.1) is 34.6 Å². The highest BCUT2D eigenvalue weighted by Crippen LogP contribution is 2.42. The Balaban J connectivity index is 0.00000264. The SMILES string of the molecule is Cc1c(C)c(C)c([C@H](N2CCNCC2)C(F)(F)F)c(C)c1C.Cl. The Labute approximate surface area is 142 Å². The van der Waals surface area contributed by atoms with Gasteiger partial charge in [0.2, 0.25) is 0 Å². The Hall–Kier alpha value is -0.780. The first kappa shape index (κ1) is 20.3. The molecule has 1 saturated heterocycles. The van der Waals surface area contributed by atoms with E-state index in [1.54, 1.807) is 4.90 Å². The molecule has 1 aromatic rings. The summed E-state index contributed by atoms with van der Waals surface area (Å²) in [7, 11) is 0. The van der Waals surface area contributed by atoms with Gasteiger partial charge in [-0.15, -0.1) is 12.4 Å². The van der Waals surface area contributed by atoms with Gasteiger partial charge in [-0.1, -0.05) is 0 Å². The predicted octanol–water partition coefficient (Wildman–Crippen LogP) is 4.16. The van der Waals surface area contributed by atoms with Crippen LogP contribution in [0.4, 0.5) is 13.2 Å². The maximum atomic E-state index is 13.9. The topological polar surface area (TPSA) is 15.3 Å². The molecule has 132 valence electrons. The molecule has 0 saturated carbocycles. The molecule has 1 aliphatic heterocycles. The summed E-state index contributed by atoms with van der Waals surface area (Å²) in [5.41, 5.74) is 5.06. The standard InChI is InChI=1S/C17H25F3N2.ClH/c1-10-11(2)13(4)15(14(5)12(10)3)16(17(18,19)20)22-8-6-21-7-9-22;/h16,21H,6-9H2,1-5H3;1H/t16-;/m0./s1. The van der Waals surface area contributed by atoms with E-state index in [0.29, 0.717) is 31.7 Å². The van der Waals surface area contributed by atoms with Gasteiger partial charge in [0.25, 0.3) is 0 Å². The summed E-state index contributed by atoms with van der Waals surface area (Å²) in [6.07, 6.45) is -4.26. The average Bonchev–Trinajstić information content (AvgIpc) is 2.47. The maximum Gasteiger partial charge on any atom is 0.408 e. The molecular weight excluding hydrogens is 325 g/mol. The van der Waals surface area contributed by atoms with Crippen LogP contribution in [0.25, 0.3) is 0 Å². The van der Waals surface area contributed by atoms with E-state index in [1.165, 1.54) is 0 Å². The van der Waals surface area contributed by atoms with Crippen molar-refractivity contribution in [2.45, 2.75) is 46.8 Å². The molecule has 0 aromatic heterocycles. The molecular formula is C17H26ClF3N2. The Morgan fingerprint density at radius 2 is 1.22 bits per heavy atom. The second-order valence-corrected chi connectivity index (χ2v) is 6.27. The van der Waals surface area contributed by atoms with Gasteiger partial charge in [-0.2, -0.15) is 13.2 Å². The predicted molar refractivity (Wildman–Crippen MR) is 90.6 cm³/mol. The second kappa shape index (κ2) is 7.41. The summed E-state index contributed by atoms with van der Waals surface area (Å²) >= 11 is 0. The minimum atomic E-state index is -4.26. The maximum absolute atomic E-state index is 13.9. The van der Waals surface area contributed by atoms with Crippen molar-refractivity contribution in [1.29, 1.82) is 0 Å². The zero-order chi connectivity index (χ0) is 16.7. The minimum absolute atomic E-state index is 0. The summed E-state index contributed by atoms with van der Waals surface area (Å²) in [6.45, 7) is 11.5. The fourth-order valence-corrected chi connectivity index (χ4v) is 3.43. The first-order valence-electron chi connectivity index (χ1n) is 7.74. The van der Waals surface area contributed by atoms with E-state index >= 15 is 0 Å². The Bertz CT molecular complexity index is 535. The van der Waals surface area contributed by atoms with Crippen LogP contribution in [0.2, 0.25) is 0 Å². The van der Waals surface area contributed by atoms with Crippen LogP contribution >= 0.6 is 12.4 Å². The molecule has 0 bridgehead atoms. The molecule has 1 aromatic carbocycles. The third-order valence-electron chi connectivity index (χ3n) is 5.16. The Kier molecular flexibility index (Phi) is 6.53. The molecule has 0 radical (unpaired) electrons. The van der Waals surface area contributed by atoms with Gasteiger partial charge in [-0.05, 0) is 68.0 Å². The molecule has 0 unspecified atom stereocenters. The number of hydrogen-bond acceptors (Lipinski definition) is 2. The van der Waals surface area contributed by atoms with Crippen LogP contribution in [-0.2, 0) is 0 Å². The van der Waals surface area contributed by atoms with Crippen LogP contribution in [0.5, 0.6) is 0 Å². The summed E-state index contributed by atoms with van der Waals surface area (Å²) in [5, 5.41) is 3.12. The van der Waals surface area contributed by atoms with Crippen LogP contribution in [0.15, 0.2) is 0 Å². The van der Waals surface area contributed by atoms with Gasteiger partial charge in [-0.3, -0.25) is 4.90 Å². The van der Waals surface area contributed by atoms with Gasteiger partial charge in [0.05, 0.1) is 0 Å². The summed E-state index contributed by atoms with van der Waals surface area (Å²) in [6, 6.07) is -1.51. The van der Waals surface area contributed by atoms with Crippen molar-refractivity contribution in [1.82, 2.24) is 10.2 Å². The number of halogens is 4. The highest BCUT2D eigenvalue weighted by Gasteiger charge is 2.46. The Morgan fingerprint density at radius 1 is 0.826 bits per heavy atom. The number of alkyl halides is 3. The lowest BCUT2D eigenvalue weighted by Gasteiger charge is -2.38. The van der Waals surface area contributed by atoms with Gasteiger partial charge in [-0.25, -0.2) is 0 Å². The normalized spacial score (nSPS) is 17.7. The fraction of sp³-hybridized carbons (Fsp3) is 0.647. The molecule has 23 heavy (non-hydrogen) atoms. The van der Waals surface area contributed by atoms with Crippen molar-refractivity contribution in [2.24, 2.45) is 0 Å². The van der Waals surface area contributed by atoms with E-state index in [1.807, 2.05) is 34.6 Å². The second-order valence-electron chi connectivity index (χ2n) is 6.27. The summed E-state index contributed by atoms with van der Waals surface area (Å²) in [5.74, 6) is 0. The lowest BCUT2D eigenvalue weighted by molar-refractivity contribution is -0.188. The molecule has 1 aliphatic rings. The molecule has 0 spiro atoms. The van der Waals surface area contributed by atoms with Crippen LogP contribution in [0.1, 0.15) is 39.4 Å². The Morgan fingerprint density at radius 3 is 1.61 bits per heavy atom. The number of rotatable bonds is 2. The molecule has 0 aliphatic carbocycles. The van der Waals surface area contributed by atoms with E-state index in [2.05, 4.69) is 5.32 Å². The van der Waals surface area contributed by atoms with E-state index in [0.717, 1.165) is 27.8 Å². The largest absolute Gasteiger partial charge is 0.408 e. The molecule has 1 N–H and O–H groups in total. The van der Waals surface area contributed by atoms with Crippen molar-refractivity contribution in [2.75, 3.05) is 26.2 Å².